The van der Waals surface area contributed by atoms with Crippen LogP contribution in [-0.4, -0.2) is 66.8 Å². The first-order chi connectivity index (χ1) is 14.4. The minimum absolute atomic E-state index is 0.00581. The second kappa shape index (κ2) is 9.49. The van der Waals surface area contributed by atoms with Crippen molar-refractivity contribution in [3.8, 4) is 5.75 Å². The van der Waals surface area contributed by atoms with E-state index in [2.05, 4.69) is 10.6 Å². The predicted octanol–water partition coefficient (Wildman–Crippen LogP) is 0.00940. The number of carbonyl (C=O) groups excluding carboxylic acids is 5. The molecule has 5 amide bonds. The molecule has 0 aliphatic carbocycles. The van der Waals surface area contributed by atoms with Gasteiger partial charge >= 0.3 is 0 Å². The summed E-state index contributed by atoms with van der Waals surface area (Å²) in [5, 5.41) is 4.78. The van der Waals surface area contributed by atoms with Crippen molar-refractivity contribution < 1.29 is 33.4 Å². The topological polar surface area (TPSA) is 131 Å². The van der Waals surface area contributed by atoms with Gasteiger partial charge in [0.05, 0.1) is 17.7 Å². The first-order valence-electron chi connectivity index (χ1n) is 9.75. The Kier molecular flexibility index (Phi) is 6.78. The number of benzene rings is 1. The van der Waals surface area contributed by atoms with Gasteiger partial charge < -0.3 is 14.8 Å². The van der Waals surface area contributed by atoms with Crippen LogP contribution in [0.25, 0.3) is 0 Å². The van der Waals surface area contributed by atoms with E-state index in [-0.39, 0.29) is 36.3 Å². The summed E-state index contributed by atoms with van der Waals surface area (Å²) >= 11 is 0. The van der Waals surface area contributed by atoms with E-state index in [1.54, 1.807) is 0 Å². The molecule has 2 heterocycles. The highest BCUT2D eigenvalue weighted by molar-refractivity contribution is 6.24. The molecular weight excluding hydrogens is 394 g/mol. The van der Waals surface area contributed by atoms with Gasteiger partial charge in [-0.15, -0.1) is 0 Å². The zero-order chi connectivity index (χ0) is 21.7. The molecule has 1 saturated heterocycles. The number of piperidine rings is 1. The molecule has 0 spiro atoms. The number of nitrogens with zero attached hydrogens (tertiary/aromatic N) is 1. The second-order valence-electron chi connectivity index (χ2n) is 6.88. The molecule has 0 bridgehead atoms. The van der Waals surface area contributed by atoms with Gasteiger partial charge in [-0.1, -0.05) is 13.0 Å². The summed E-state index contributed by atoms with van der Waals surface area (Å²) in [5.74, 6) is -2.76. The summed E-state index contributed by atoms with van der Waals surface area (Å²) in [7, 11) is 0. The van der Waals surface area contributed by atoms with Crippen LogP contribution in [-0.2, 0) is 19.1 Å². The monoisotopic (exact) mass is 417 g/mol. The van der Waals surface area contributed by atoms with E-state index in [0.717, 1.165) is 11.3 Å². The van der Waals surface area contributed by atoms with Crippen molar-refractivity contribution in [2.75, 3.05) is 26.4 Å². The molecule has 10 nitrogen and oxygen atoms in total. The Morgan fingerprint density at radius 1 is 1.20 bits per heavy atom. The molecule has 2 aliphatic rings. The number of hydrogen-bond donors (Lipinski definition) is 2. The summed E-state index contributed by atoms with van der Waals surface area (Å²) in [6.07, 6.45) is 0.989. The van der Waals surface area contributed by atoms with E-state index in [1.165, 1.54) is 18.2 Å². The summed E-state index contributed by atoms with van der Waals surface area (Å²) in [5.41, 5.74) is 0.0989. The van der Waals surface area contributed by atoms with Crippen LogP contribution in [0.15, 0.2) is 18.2 Å². The first-order valence-corrected chi connectivity index (χ1v) is 9.75. The van der Waals surface area contributed by atoms with Gasteiger partial charge in [0.25, 0.3) is 17.7 Å². The molecule has 10 heteroatoms. The molecule has 160 valence electrons. The number of fused-ring (bicyclic) bond motifs is 1. The number of ether oxygens (including phenoxy) is 2. The maximum Gasteiger partial charge on any atom is 0.266 e. The van der Waals surface area contributed by atoms with Crippen LogP contribution >= 0.6 is 0 Å². The number of hydrogen-bond acceptors (Lipinski definition) is 7. The van der Waals surface area contributed by atoms with Crippen LogP contribution in [0.4, 0.5) is 0 Å². The predicted molar refractivity (Wildman–Crippen MR) is 103 cm³/mol. The lowest BCUT2D eigenvalue weighted by Crippen LogP contribution is -2.54. The average molecular weight is 417 g/mol. The Morgan fingerprint density at radius 3 is 2.73 bits per heavy atom. The summed E-state index contributed by atoms with van der Waals surface area (Å²) < 4.78 is 10.8. The smallest absolute Gasteiger partial charge is 0.266 e. The highest BCUT2D eigenvalue weighted by atomic mass is 16.5. The van der Waals surface area contributed by atoms with Gasteiger partial charge in [-0.2, -0.15) is 0 Å². The number of amides is 5. The minimum atomic E-state index is -1.06. The fourth-order valence-electron chi connectivity index (χ4n) is 3.31. The Hall–Kier alpha value is -3.27. The van der Waals surface area contributed by atoms with Crippen LogP contribution in [0.5, 0.6) is 5.75 Å². The van der Waals surface area contributed by atoms with E-state index in [4.69, 9.17) is 9.47 Å². The van der Waals surface area contributed by atoms with Crippen molar-refractivity contribution in [2.45, 2.75) is 32.2 Å². The molecule has 1 fully saturated rings. The Labute approximate surface area is 172 Å². The SMILES string of the molecule is CCCOCCNC(=O)COc1cccc2c1C(=O)N(C1CCC(=O)NC1=O)C2=O. The Bertz CT molecular complexity index is 883. The van der Waals surface area contributed by atoms with E-state index >= 15 is 0 Å². The normalized spacial score (nSPS) is 18.3. The highest BCUT2D eigenvalue weighted by Crippen LogP contribution is 2.33. The van der Waals surface area contributed by atoms with Gasteiger partial charge in [0.15, 0.2) is 6.61 Å². The van der Waals surface area contributed by atoms with E-state index in [9.17, 15) is 24.0 Å². The van der Waals surface area contributed by atoms with Crippen molar-refractivity contribution in [2.24, 2.45) is 0 Å². The van der Waals surface area contributed by atoms with Gasteiger partial charge in [-0.25, -0.2) is 0 Å². The van der Waals surface area contributed by atoms with Crippen LogP contribution in [0.1, 0.15) is 46.9 Å². The molecule has 2 aliphatic heterocycles. The summed E-state index contributed by atoms with van der Waals surface area (Å²) in [6.45, 7) is 2.97. The van der Waals surface area contributed by atoms with Crippen molar-refractivity contribution in [1.82, 2.24) is 15.5 Å². The molecule has 1 atom stereocenters. The molecule has 1 aromatic carbocycles. The zero-order valence-corrected chi connectivity index (χ0v) is 16.6. The number of carbonyl (C=O) groups is 5. The first kappa shape index (κ1) is 21.4. The van der Waals surface area contributed by atoms with Crippen LogP contribution in [0, 0.1) is 0 Å². The van der Waals surface area contributed by atoms with Crippen molar-refractivity contribution >= 4 is 29.5 Å². The quantitative estimate of drug-likeness (QED) is 0.427. The van der Waals surface area contributed by atoms with Crippen LogP contribution < -0.4 is 15.4 Å². The molecule has 0 aromatic heterocycles. The molecule has 1 unspecified atom stereocenters. The minimum Gasteiger partial charge on any atom is -0.483 e. The molecule has 30 heavy (non-hydrogen) atoms. The van der Waals surface area contributed by atoms with E-state index in [1.807, 2.05) is 6.92 Å². The maximum atomic E-state index is 12.9. The van der Waals surface area contributed by atoms with Crippen molar-refractivity contribution in [3.05, 3.63) is 29.3 Å². The lowest BCUT2D eigenvalue weighted by atomic mass is 10.0. The summed E-state index contributed by atoms with van der Waals surface area (Å²) in [6, 6.07) is 3.41. The molecule has 3 rings (SSSR count). The largest absolute Gasteiger partial charge is 0.483 e. The molecule has 1 aromatic rings. The van der Waals surface area contributed by atoms with E-state index in [0.29, 0.717) is 19.8 Å². The zero-order valence-electron chi connectivity index (χ0n) is 16.6. The average Bonchev–Trinajstić information content (AvgIpc) is 2.97. The van der Waals surface area contributed by atoms with Crippen LogP contribution in [0.3, 0.4) is 0 Å². The second-order valence-corrected chi connectivity index (χ2v) is 6.88. The molecule has 0 radical (unpaired) electrons. The van der Waals surface area contributed by atoms with Crippen LogP contribution in [0.2, 0.25) is 0 Å². The number of nitrogens with one attached hydrogen (secondary N) is 2. The Balaban J connectivity index is 1.66. The van der Waals surface area contributed by atoms with Crippen molar-refractivity contribution in [1.29, 1.82) is 0 Å². The Morgan fingerprint density at radius 2 is 2.00 bits per heavy atom. The van der Waals surface area contributed by atoms with Gasteiger partial charge in [-0.05, 0) is 25.0 Å². The molecule has 2 N–H and O–H groups in total. The third-order valence-electron chi connectivity index (χ3n) is 4.71. The third-order valence-corrected chi connectivity index (χ3v) is 4.71. The van der Waals surface area contributed by atoms with Gasteiger partial charge in [0.2, 0.25) is 11.8 Å². The number of imide groups is 2. The fourth-order valence-corrected chi connectivity index (χ4v) is 3.31. The van der Waals surface area contributed by atoms with Gasteiger partial charge in [0.1, 0.15) is 11.8 Å². The fraction of sp³-hybridized carbons (Fsp3) is 0.450. The van der Waals surface area contributed by atoms with Crippen molar-refractivity contribution in [3.63, 3.8) is 0 Å². The lowest BCUT2D eigenvalue weighted by Gasteiger charge is -2.27. The maximum absolute atomic E-state index is 12.9. The highest BCUT2D eigenvalue weighted by Gasteiger charge is 2.46. The molecular formula is C20H23N3O7. The van der Waals surface area contributed by atoms with Gasteiger partial charge in [0, 0.05) is 19.6 Å². The van der Waals surface area contributed by atoms with Gasteiger partial charge in [-0.3, -0.25) is 34.2 Å². The van der Waals surface area contributed by atoms with E-state index < -0.39 is 35.6 Å². The standard InChI is InChI=1S/C20H23N3O7/c1-2-9-29-10-8-21-16(25)11-30-14-5-3-4-12-17(14)20(28)23(19(12)27)13-6-7-15(24)22-18(13)26/h3-5,13H,2,6-11H2,1H3,(H,21,25)(H,22,24,26). The number of rotatable bonds is 9. The lowest BCUT2D eigenvalue weighted by molar-refractivity contribution is -0.136. The summed E-state index contributed by atoms with van der Waals surface area (Å²) in [4.78, 5) is 61.9. The third kappa shape index (κ3) is 4.48. The molecule has 0 saturated carbocycles.